The van der Waals surface area contributed by atoms with E-state index in [1.165, 1.54) is 0 Å². The Labute approximate surface area is 142 Å². The lowest BCUT2D eigenvalue weighted by atomic mass is 10.2. The van der Waals surface area contributed by atoms with Crippen LogP contribution in [-0.2, 0) is 5.88 Å². The maximum atomic E-state index is 6.38. The zero-order chi connectivity index (χ0) is 15.1. The minimum atomic E-state index is 0.258. The number of hydrogen-bond acceptors (Lipinski definition) is 1. The fourth-order valence-corrected chi connectivity index (χ4v) is 3.08. The van der Waals surface area contributed by atoms with Crippen LogP contribution in [0.15, 0.2) is 30.3 Å². The number of nitrogens with zero attached hydrogens (tertiary/aromatic N) is 2. The molecule has 0 unspecified atom stereocenters. The van der Waals surface area contributed by atoms with Crippen LogP contribution in [0.1, 0.15) is 11.4 Å². The summed E-state index contributed by atoms with van der Waals surface area (Å²) in [6.45, 7) is 1.91. The third kappa shape index (κ3) is 2.62. The van der Waals surface area contributed by atoms with Gasteiger partial charge in [0.25, 0.3) is 0 Å². The number of fused-ring (bicyclic) bond motifs is 1. The first-order valence-electron chi connectivity index (χ1n) is 6.20. The monoisotopic (exact) mass is 358 g/mol. The number of aromatic nitrogens is 2. The zero-order valence-electron chi connectivity index (χ0n) is 11.0. The van der Waals surface area contributed by atoms with Crippen molar-refractivity contribution in [1.82, 2.24) is 9.55 Å². The molecule has 1 heterocycles. The van der Waals surface area contributed by atoms with Gasteiger partial charge in [0.05, 0.1) is 27.6 Å². The van der Waals surface area contributed by atoms with Gasteiger partial charge in [-0.2, -0.15) is 0 Å². The molecular formula is C15H10Cl4N2. The van der Waals surface area contributed by atoms with Crippen LogP contribution in [0.5, 0.6) is 0 Å². The van der Waals surface area contributed by atoms with Gasteiger partial charge in [-0.25, -0.2) is 4.98 Å². The van der Waals surface area contributed by atoms with Gasteiger partial charge in [-0.05, 0) is 42.8 Å². The van der Waals surface area contributed by atoms with Crippen LogP contribution in [-0.4, -0.2) is 9.55 Å². The van der Waals surface area contributed by atoms with Crippen LogP contribution in [0.4, 0.5) is 0 Å². The quantitative estimate of drug-likeness (QED) is 0.510. The predicted octanol–water partition coefficient (Wildman–Crippen LogP) is 6.03. The SMILES string of the molecule is Cc1cc(Cl)c(-n2c(CCl)nc3cc(Cl)ccc32)cc1Cl. The molecule has 0 atom stereocenters. The van der Waals surface area contributed by atoms with Gasteiger partial charge in [-0.3, -0.25) is 4.57 Å². The van der Waals surface area contributed by atoms with E-state index in [1.54, 1.807) is 6.07 Å². The fraction of sp³-hybridized carbons (Fsp3) is 0.133. The minimum absolute atomic E-state index is 0.258. The van der Waals surface area contributed by atoms with Crippen molar-refractivity contribution in [3.05, 3.63) is 56.8 Å². The van der Waals surface area contributed by atoms with Gasteiger partial charge in [0.15, 0.2) is 0 Å². The van der Waals surface area contributed by atoms with Crippen LogP contribution in [0.3, 0.4) is 0 Å². The summed E-state index contributed by atoms with van der Waals surface area (Å²) >= 11 is 24.6. The molecular weight excluding hydrogens is 350 g/mol. The molecule has 0 saturated heterocycles. The summed E-state index contributed by atoms with van der Waals surface area (Å²) in [4.78, 5) is 4.51. The molecule has 0 aliphatic rings. The van der Waals surface area contributed by atoms with Gasteiger partial charge in [-0.1, -0.05) is 34.8 Å². The molecule has 0 spiro atoms. The molecule has 0 aliphatic heterocycles. The highest BCUT2D eigenvalue weighted by molar-refractivity contribution is 6.35. The van der Waals surface area contributed by atoms with E-state index in [0.29, 0.717) is 20.9 Å². The lowest BCUT2D eigenvalue weighted by Gasteiger charge is -2.12. The lowest BCUT2D eigenvalue weighted by molar-refractivity contribution is 0.981. The van der Waals surface area contributed by atoms with Crippen molar-refractivity contribution >= 4 is 57.4 Å². The highest BCUT2D eigenvalue weighted by Gasteiger charge is 2.15. The Morgan fingerprint density at radius 1 is 1.05 bits per heavy atom. The van der Waals surface area contributed by atoms with Crippen molar-refractivity contribution in [1.29, 1.82) is 0 Å². The van der Waals surface area contributed by atoms with Crippen LogP contribution < -0.4 is 0 Å². The van der Waals surface area contributed by atoms with Gasteiger partial charge < -0.3 is 0 Å². The normalized spacial score (nSPS) is 11.3. The van der Waals surface area contributed by atoms with Gasteiger partial charge in [0, 0.05) is 10.0 Å². The van der Waals surface area contributed by atoms with E-state index in [9.17, 15) is 0 Å². The summed E-state index contributed by atoms with van der Waals surface area (Å²) in [5.74, 6) is 0.949. The first-order chi connectivity index (χ1) is 10.0. The number of halogens is 4. The molecule has 0 bridgehead atoms. The summed E-state index contributed by atoms with van der Waals surface area (Å²) in [7, 11) is 0. The Bertz CT molecular complexity index is 839. The highest BCUT2D eigenvalue weighted by atomic mass is 35.5. The second-order valence-corrected chi connectivity index (χ2v) is 6.20. The van der Waals surface area contributed by atoms with Crippen LogP contribution in [0.2, 0.25) is 15.1 Å². The zero-order valence-corrected chi connectivity index (χ0v) is 14.0. The molecule has 3 rings (SSSR count). The standard InChI is InChI=1S/C15H10Cl4N2/c1-8-4-11(19)14(6-10(8)18)21-13-3-2-9(17)5-12(13)20-15(21)7-16/h2-6H,7H2,1H3. The Morgan fingerprint density at radius 3 is 2.52 bits per heavy atom. The van der Waals surface area contributed by atoms with Crippen molar-refractivity contribution in [3.8, 4) is 5.69 Å². The maximum Gasteiger partial charge on any atom is 0.129 e. The van der Waals surface area contributed by atoms with Crippen molar-refractivity contribution in [3.63, 3.8) is 0 Å². The van der Waals surface area contributed by atoms with Crippen LogP contribution in [0.25, 0.3) is 16.7 Å². The Hall–Kier alpha value is -0.930. The number of alkyl halides is 1. The van der Waals surface area contributed by atoms with E-state index in [0.717, 1.165) is 22.3 Å². The molecule has 0 aliphatic carbocycles. The van der Waals surface area contributed by atoms with Crippen molar-refractivity contribution < 1.29 is 0 Å². The topological polar surface area (TPSA) is 17.8 Å². The second-order valence-electron chi connectivity index (χ2n) is 4.68. The van der Waals surface area contributed by atoms with E-state index in [4.69, 9.17) is 46.4 Å². The molecule has 3 aromatic rings. The first kappa shape index (κ1) is 15.0. The molecule has 0 N–H and O–H groups in total. The van der Waals surface area contributed by atoms with Crippen molar-refractivity contribution in [2.24, 2.45) is 0 Å². The molecule has 0 radical (unpaired) electrons. The maximum absolute atomic E-state index is 6.38. The smallest absolute Gasteiger partial charge is 0.129 e. The Kier molecular flexibility index (Phi) is 4.06. The number of aryl methyl sites for hydroxylation is 1. The third-order valence-electron chi connectivity index (χ3n) is 3.27. The Balaban J connectivity index is 2.36. The molecule has 2 nitrogen and oxygen atoms in total. The summed E-state index contributed by atoms with van der Waals surface area (Å²) < 4.78 is 1.91. The predicted molar refractivity (Wildman–Crippen MR) is 90.4 cm³/mol. The first-order valence-corrected chi connectivity index (χ1v) is 7.87. The average molecular weight is 360 g/mol. The minimum Gasteiger partial charge on any atom is -0.294 e. The molecule has 0 amide bonds. The van der Waals surface area contributed by atoms with Crippen LogP contribution in [0, 0.1) is 6.92 Å². The van der Waals surface area contributed by atoms with E-state index in [1.807, 2.05) is 35.8 Å². The third-order valence-corrected chi connectivity index (χ3v) is 4.46. The molecule has 108 valence electrons. The van der Waals surface area contributed by atoms with Crippen molar-refractivity contribution in [2.45, 2.75) is 12.8 Å². The van der Waals surface area contributed by atoms with Gasteiger partial charge in [0.1, 0.15) is 5.82 Å². The Morgan fingerprint density at radius 2 is 1.81 bits per heavy atom. The van der Waals surface area contributed by atoms with E-state index in [2.05, 4.69) is 4.98 Å². The summed E-state index contributed by atoms with van der Waals surface area (Å²) in [6.07, 6.45) is 0. The van der Waals surface area contributed by atoms with Crippen molar-refractivity contribution in [2.75, 3.05) is 0 Å². The summed E-state index contributed by atoms with van der Waals surface area (Å²) in [6, 6.07) is 9.16. The molecule has 21 heavy (non-hydrogen) atoms. The molecule has 2 aromatic carbocycles. The summed E-state index contributed by atoms with van der Waals surface area (Å²) in [5.41, 5.74) is 3.33. The number of hydrogen-bond donors (Lipinski definition) is 0. The number of benzene rings is 2. The second kappa shape index (κ2) is 5.69. The molecule has 1 aromatic heterocycles. The average Bonchev–Trinajstić information content (AvgIpc) is 2.80. The van der Waals surface area contributed by atoms with E-state index in [-0.39, 0.29) is 5.88 Å². The van der Waals surface area contributed by atoms with Gasteiger partial charge in [-0.15, -0.1) is 11.6 Å². The molecule has 6 heteroatoms. The molecule has 0 fully saturated rings. The van der Waals surface area contributed by atoms with E-state index >= 15 is 0 Å². The number of rotatable bonds is 2. The molecule has 0 saturated carbocycles. The largest absolute Gasteiger partial charge is 0.294 e. The lowest BCUT2D eigenvalue weighted by Crippen LogP contribution is -2.00. The highest BCUT2D eigenvalue weighted by Crippen LogP contribution is 2.32. The van der Waals surface area contributed by atoms with Gasteiger partial charge >= 0.3 is 0 Å². The van der Waals surface area contributed by atoms with E-state index < -0.39 is 0 Å². The number of imidazole rings is 1. The van der Waals surface area contributed by atoms with Gasteiger partial charge in [0.2, 0.25) is 0 Å². The van der Waals surface area contributed by atoms with Crippen LogP contribution >= 0.6 is 46.4 Å². The summed E-state index contributed by atoms with van der Waals surface area (Å²) in [5, 5.41) is 1.87. The fourth-order valence-electron chi connectivity index (χ4n) is 2.27.